The van der Waals surface area contributed by atoms with Crippen LogP contribution in [0, 0.1) is 0 Å². The van der Waals surface area contributed by atoms with Gasteiger partial charge in [0.05, 0.1) is 6.61 Å². The molecule has 0 aromatic heterocycles. The van der Waals surface area contributed by atoms with Gasteiger partial charge in [-0.15, -0.1) is 0 Å². The van der Waals surface area contributed by atoms with E-state index >= 15 is 0 Å². The van der Waals surface area contributed by atoms with Crippen LogP contribution in [0.4, 0.5) is 0 Å². The second kappa shape index (κ2) is 40.5. The summed E-state index contributed by atoms with van der Waals surface area (Å²) in [5.74, 6) is 0.0307. The van der Waals surface area contributed by atoms with E-state index in [1.165, 1.54) is 225 Å². The lowest BCUT2D eigenvalue weighted by Gasteiger charge is -2.06. The molecule has 0 atom stereocenters. The first-order valence-electron chi connectivity index (χ1n) is 21.0. The molecule has 264 valence electrons. The van der Waals surface area contributed by atoms with E-state index in [-0.39, 0.29) is 5.97 Å². The Morgan fingerprint density at radius 1 is 0.295 bits per heavy atom. The Balaban J connectivity index is 3.13. The maximum atomic E-state index is 12.0. The fraction of sp³-hybridized carbons (Fsp3) is 0.976. The van der Waals surface area contributed by atoms with Gasteiger partial charge in [0.25, 0.3) is 0 Å². The maximum absolute atomic E-state index is 12.0. The minimum Gasteiger partial charge on any atom is -0.466 e. The average molecular weight is 621 g/mol. The van der Waals surface area contributed by atoms with Gasteiger partial charge < -0.3 is 4.74 Å². The molecule has 0 amide bonds. The minimum absolute atomic E-state index is 0.0307. The van der Waals surface area contributed by atoms with Crippen LogP contribution in [0.1, 0.15) is 258 Å². The molecule has 0 rings (SSSR count). The van der Waals surface area contributed by atoms with Gasteiger partial charge in [-0.1, -0.05) is 239 Å². The van der Waals surface area contributed by atoms with Crippen molar-refractivity contribution in [3.8, 4) is 0 Å². The molecular weight excluding hydrogens is 536 g/mol. The van der Waals surface area contributed by atoms with E-state index in [4.69, 9.17) is 4.74 Å². The smallest absolute Gasteiger partial charge is 0.305 e. The molecule has 0 aliphatic rings. The Kier molecular flexibility index (Phi) is 40.0. The van der Waals surface area contributed by atoms with E-state index in [2.05, 4.69) is 13.8 Å². The zero-order chi connectivity index (χ0) is 31.9. The number of esters is 1. The van der Waals surface area contributed by atoms with E-state index in [9.17, 15) is 4.79 Å². The molecule has 0 bridgehead atoms. The van der Waals surface area contributed by atoms with Gasteiger partial charge in [0.2, 0.25) is 0 Å². The SMILES string of the molecule is CCCCCCCCCCCCCCCCCCCCCCCCCC(=O)OCCCCCCCCCCCCCCCC. The van der Waals surface area contributed by atoms with Crippen LogP contribution < -0.4 is 0 Å². The van der Waals surface area contributed by atoms with Gasteiger partial charge in [-0.2, -0.15) is 0 Å². The second-order valence-electron chi connectivity index (χ2n) is 14.3. The molecule has 0 radical (unpaired) electrons. The van der Waals surface area contributed by atoms with Crippen LogP contribution in [0.2, 0.25) is 0 Å². The summed E-state index contributed by atoms with van der Waals surface area (Å²) >= 11 is 0. The molecule has 0 aromatic carbocycles. The van der Waals surface area contributed by atoms with Crippen molar-refractivity contribution < 1.29 is 9.53 Å². The zero-order valence-electron chi connectivity index (χ0n) is 30.9. The average Bonchev–Trinajstić information content (AvgIpc) is 3.03. The number of carbonyl (C=O) groups is 1. The van der Waals surface area contributed by atoms with Crippen molar-refractivity contribution in [2.45, 2.75) is 258 Å². The van der Waals surface area contributed by atoms with E-state index in [0.29, 0.717) is 13.0 Å². The second-order valence-corrected chi connectivity index (χ2v) is 14.3. The van der Waals surface area contributed by atoms with Crippen LogP contribution in [0.15, 0.2) is 0 Å². The molecule has 0 aliphatic heterocycles. The zero-order valence-corrected chi connectivity index (χ0v) is 30.9. The van der Waals surface area contributed by atoms with Crippen molar-refractivity contribution in [3.63, 3.8) is 0 Å². The molecule has 0 fully saturated rings. The van der Waals surface area contributed by atoms with Gasteiger partial charge in [-0.25, -0.2) is 0 Å². The number of ether oxygens (including phenoxy) is 1. The van der Waals surface area contributed by atoms with Gasteiger partial charge in [0.1, 0.15) is 0 Å². The minimum atomic E-state index is 0.0307. The summed E-state index contributed by atoms with van der Waals surface area (Å²) < 4.78 is 5.46. The molecule has 44 heavy (non-hydrogen) atoms. The molecule has 0 saturated carbocycles. The molecule has 0 aliphatic carbocycles. The van der Waals surface area contributed by atoms with Gasteiger partial charge in [-0.05, 0) is 12.8 Å². The maximum Gasteiger partial charge on any atom is 0.305 e. The molecule has 2 heteroatoms. The Labute approximate surface area is 279 Å². The van der Waals surface area contributed by atoms with Crippen LogP contribution >= 0.6 is 0 Å². The highest BCUT2D eigenvalue weighted by molar-refractivity contribution is 5.69. The van der Waals surface area contributed by atoms with Gasteiger partial charge in [0.15, 0.2) is 0 Å². The van der Waals surface area contributed by atoms with E-state index in [1.54, 1.807) is 0 Å². The molecule has 0 saturated heterocycles. The molecule has 0 aromatic rings. The summed E-state index contributed by atoms with van der Waals surface area (Å²) in [6.45, 7) is 5.23. The number of hydrogen-bond acceptors (Lipinski definition) is 2. The molecule has 2 nitrogen and oxygen atoms in total. The lowest BCUT2D eigenvalue weighted by Crippen LogP contribution is -2.05. The van der Waals surface area contributed by atoms with Crippen LogP contribution in [0.25, 0.3) is 0 Å². The van der Waals surface area contributed by atoms with E-state index < -0.39 is 0 Å². The van der Waals surface area contributed by atoms with Crippen molar-refractivity contribution in [2.75, 3.05) is 6.61 Å². The Bertz CT molecular complexity index is 516. The highest BCUT2D eigenvalue weighted by Crippen LogP contribution is 2.16. The Morgan fingerprint density at radius 2 is 0.500 bits per heavy atom. The van der Waals surface area contributed by atoms with E-state index in [1.807, 2.05) is 0 Å². The Morgan fingerprint density at radius 3 is 0.750 bits per heavy atom. The van der Waals surface area contributed by atoms with Crippen LogP contribution in [-0.2, 0) is 9.53 Å². The van der Waals surface area contributed by atoms with Gasteiger partial charge in [0, 0.05) is 6.42 Å². The standard InChI is InChI=1S/C42H84O2/c1-3-5-7-9-11-13-15-17-19-20-21-22-23-24-25-26-27-28-30-32-34-36-38-40-42(43)44-41-39-37-35-33-31-29-18-16-14-12-10-8-6-4-2/h3-41H2,1-2H3. The first-order valence-corrected chi connectivity index (χ1v) is 21.0. The van der Waals surface area contributed by atoms with Gasteiger partial charge in [-0.3, -0.25) is 4.79 Å². The third-order valence-corrected chi connectivity index (χ3v) is 9.75. The fourth-order valence-electron chi connectivity index (χ4n) is 6.61. The molecule has 0 N–H and O–H groups in total. The lowest BCUT2D eigenvalue weighted by molar-refractivity contribution is -0.143. The number of unbranched alkanes of at least 4 members (excludes halogenated alkanes) is 35. The highest BCUT2D eigenvalue weighted by atomic mass is 16.5. The molecule has 0 unspecified atom stereocenters. The van der Waals surface area contributed by atoms with Crippen LogP contribution in [0.5, 0.6) is 0 Å². The van der Waals surface area contributed by atoms with Crippen LogP contribution in [-0.4, -0.2) is 12.6 Å². The lowest BCUT2D eigenvalue weighted by atomic mass is 10.0. The third-order valence-electron chi connectivity index (χ3n) is 9.75. The number of rotatable bonds is 39. The summed E-state index contributed by atoms with van der Waals surface area (Å²) in [5, 5.41) is 0. The normalized spacial score (nSPS) is 11.4. The van der Waals surface area contributed by atoms with Crippen LogP contribution in [0.3, 0.4) is 0 Å². The van der Waals surface area contributed by atoms with Crippen molar-refractivity contribution in [2.24, 2.45) is 0 Å². The fourth-order valence-corrected chi connectivity index (χ4v) is 6.61. The van der Waals surface area contributed by atoms with Crippen molar-refractivity contribution >= 4 is 5.97 Å². The Hall–Kier alpha value is -0.530. The predicted molar refractivity (Wildman–Crippen MR) is 198 cm³/mol. The summed E-state index contributed by atoms with van der Waals surface area (Å²) in [6.07, 6.45) is 52.0. The highest BCUT2D eigenvalue weighted by Gasteiger charge is 2.03. The summed E-state index contributed by atoms with van der Waals surface area (Å²) in [4.78, 5) is 12.0. The molecular formula is C42H84O2. The summed E-state index contributed by atoms with van der Waals surface area (Å²) in [5.41, 5.74) is 0. The summed E-state index contributed by atoms with van der Waals surface area (Å²) in [7, 11) is 0. The van der Waals surface area contributed by atoms with E-state index in [0.717, 1.165) is 12.8 Å². The van der Waals surface area contributed by atoms with Crippen molar-refractivity contribution in [1.29, 1.82) is 0 Å². The largest absolute Gasteiger partial charge is 0.466 e. The number of carbonyl (C=O) groups excluding carboxylic acids is 1. The quantitative estimate of drug-likeness (QED) is 0.0505. The summed E-state index contributed by atoms with van der Waals surface area (Å²) in [6, 6.07) is 0. The first-order chi connectivity index (χ1) is 21.8. The van der Waals surface area contributed by atoms with Crippen molar-refractivity contribution in [1.82, 2.24) is 0 Å². The molecule has 0 spiro atoms. The predicted octanol–water partition coefficient (Wildman–Crippen LogP) is 15.4. The monoisotopic (exact) mass is 621 g/mol. The van der Waals surface area contributed by atoms with Crippen molar-refractivity contribution in [3.05, 3.63) is 0 Å². The number of hydrogen-bond donors (Lipinski definition) is 0. The molecule has 0 heterocycles. The van der Waals surface area contributed by atoms with Gasteiger partial charge >= 0.3 is 5.97 Å². The third kappa shape index (κ3) is 39.5. The topological polar surface area (TPSA) is 26.3 Å². The first kappa shape index (κ1) is 43.5.